The van der Waals surface area contributed by atoms with Crippen molar-refractivity contribution in [3.05, 3.63) is 60.7 Å². The van der Waals surface area contributed by atoms with Gasteiger partial charge in [-0.15, -0.1) is 0 Å². The molecule has 0 aliphatic heterocycles. The Morgan fingerprint density at radius 3 is 1.94 bits per heavy atom. The van der Waals surface area contributed by atoms with E-state index in [1.165, 1.54) is 24.6 Å². The molecule has 0 bridgehead atoms. The largest absolute Gasteiger partial charge is 0.469 e. The summed E-state index contributed by atoms with van der Waals surface area (Å²) in [6, 6.07) is 21.1. The molecular weight excluding hydrogens is 456 g/mol. The first-order valence-corrected chi connectivity index (χ1v) is 14.4. The van der Waals surface area contributed by atoms with Crippen LogP contribution < -0.4 is 10.4 Å². The van der Waals surface area contributed by atoms with Crippen LogP contribution in [0.3, 0.4) is 0 Å². The van der Waals surface area contributed by atoms with Gasteiger partial charge in [0.25, 0.3) is 8.32 Å². The molecule has 0 unspecified atom stereocenters. The maximum atomic E-state index is 13.1. The average Bonchev–Trinajstić information content (AvgIpc) is 2.86. The highest BCUT2D eigenvalue weighted by molar-refractivity contribution is 6.99. The summed E-state index contributed by atoms with van der Waals surface area (Å²) in [7, 11) is 0.0250. The van der Waals surface area contributed by atoms with Gasteiger partial charge in [-0.3, -0.25) is 9.59 Å². The molecule has 0 N–H and O–H groups in total. The van der Waals surface area contributed by atoms with Crippen molar-refractivity contribution < 1.29 is 23.5 Å². The summed E-state index contributed by atoms with van der Waals surface area (Å²) in [6.07, 6.45) is 2.98. The maximum absolute atomic E-state index is 13.1. The molecule has 5 nitrogen and oxygen atoms in total. The normalized spacial score (nSPS) is 22.9. The zero-order chi connectivity index (χ0) is 25.7. The first-order valence-electron chi connectivity index (χ1n) is 12.5. The van der Waals surface area contributed by atoms with E-state index in [2.05, 4.69) is 69.3 Å². The Kier molecular flexibility index (Phi) is 8.60. The van der Waals surface area contributed by atoms with Crippen LogP contribution in [-0.4, -0.2) is 40.6 Å². The predicted octanol–water partition coefficient (Wildman–Crippen LogP) is 4.86. The van der Waals surface area contributed by atoms with Crippen LogP contribution in [0.15, 0.2) is 60.7 Å². The van der Waals surface area contributed by atoms with E-state index in [9.17, 15) is 9.59 Å². The minimum absolute atomic E-state index is 0.163. The van der Waals surface area contributed by atoms with Crippen LogP contribution in [-0.2, 0) is 23.5 Å². The van der Waals surface area contributed by atoms with E-state index < -0.39 is 13.7 Å². The molecule has 1 aliphatic carbocycles. The Labute approximate surface area is 211 Å². The lowest BCUT2D eigenvalue weighted by molar-refractivity contribution is -0.163. The fourth-order valence-corrected chi connectivity index (χ4v) is 10.6. The monoisotopic (exact) mass is 496 g/mol. The van der Waals surface area contributed by atoms with E-state index in [1.807, 2.05) is 19.1 Å². The molecule has 2 aromatic carbocycles. The molecule has 0 radical (unpaired) electrons. The van der Waals surface area contributed by atoms with Crippen LogP contribution in [0.5, 0.6) is 0 Å². The molecule has 3 rings (SSSR count). The Bertz CT molecular complexity index is 946. The number of hydrogen-bond donors (Lipinski definition) is 0. The van der Waals surface area contributed by atoms with Crippen LogP contribution in [0.25, 0.3) is 0 Å². The second kappa shape index (κ2) is 11.1. The quantitative estimate of drug-likeness (QED) is 0.386. The van der Waals surface area contributed by atoms with Crippen molar-refractivity contribution in [3.63, 3.8) is 0 Å². The topological polar surface area (TPSA) is 61.8 Å². The van der Waals surface area contributed by atoms with Gasteiger partial charge in [0, 0.05) is 18.4 Å². The van der Waals surface area contributed by atoms with E-state index >= 15 is 0 Å². The Hall–Kier alpha value is -2.44. The molecule has 1 saturated carbocycles. The smallest absolute Gasteiger partial charge is 0.311 e. The lowest BCUT2D eigenvalue weighted by atomic mass is 9.64. The lowest BCUT2D eigenvalue weighted by Crippen LogP contribution is -2.69. The van der Waals surface area contributed by atoms with Gasteiger partial charge in [0.05, 0.1) is 19.6 Å². The maximum Gasteiger partial charge on any atom is 0.311 e. The van der Waals surface area contributed by atoms with Gasteiger partial charge >= 0.3 is 11.9 Å². The van der Waals surface area contributed by atoms with E-state index in [0.717, 1.165) is 12.8 Å². The van der Waals surface area contributed by atoms with Crippen molar-refractivity contribution in [2.24, 2.45) is 11.3 Å². The molecule has 3 atom stereocenters. The van der Waals surface area contributed by atoms with Gasteiger partial charge in [-0.05, 0) is 48.0 Å². The first kappa shape index (κ1) is 27.1. The van der Waals surface area contributed by atoms with Gasteiger partial charge < -0.3 is 13.9 Å². The zero-order valence-electron chi connectivity index (χ0n) is 22.0. The minimum atomic E-state index is -2.82. The highest BCUT2D eigenvalue weighted by atomic mass is 28.4. The van der Waals surface area contributed by atoms with Gasteiger partial charge in [-0.25, -0.2) is 0 Å². The number of esters is 2. The number of ether oxygens (including phenoxy) is 2. The molecule has 0 aromatic heterocycles. The highest BCUT2D eigenvalue weighted by Gasteiger charge is 2.55. The summed E-state index contributed by atoms with van der Waals surface area (Å²) >= 11 is 0. The second-order valence-electron chi connectivity index (χ2n) is 10.8. The van der Waals surface area contributed by atoms with Crippen molar-refractivity contribution >= 4 is 30.6 Å². The summed E-state index contributed by atoms with van der Waals surface area (Å²) in [4.78, 5) is 25.2. The highest BCUT2D eigenvalue weighted by Crippen LogP contribution is 2.48. The van der Waals surface area contributed by atoms with E-state index in [-0.39, 0.29) is 35.4 Å². The summed E-state index contributed by atoms with van der Waals surface area (Å²) in [6.45, 7) is 8.74. The van der Waals surface area contributed by atoms with Gasteiger partial charge in [-0.1, -0.05) is 81.4 Å². The molecule has 190 valence electrons. The Morgan fingerprint density at radius 2 is 1.49 bits per heavy atom. The number of methoxy groups -OCH3 is 2. The van der Waals surface area contributed by atoms with Crippen molar-refractivity contribution in [1.29, 1.82) is 0 Å². The standard InChI is InChI=1S/C29H40O5Si/c1-28(2,3)35(22-14-9-7-10-15-22,23-16-11-8-12-17-23)34-25-18-13-21-29(4,27(31)33-6)24(25)19-20-26(30)32-5/h7-12,14-17,24-25H,13,18-21H2,1-6H3/t24-,25+,29-/m0/s1. The summed E-state index contributed by atoms with van der Waals surface area (Å²) < 4.78 is 17.7. The van der Waals surface area contributed by atoms with Crippen molar-refractivity contribution in [2.45, 2.75) is 70.9 Å². The van der Waals surface area contributed by atoms with Crippen LogP contribution in [0.1, 0.15) is 59.8 Å². The molecule has 2 aromatic rings. The summed E-state index contributed by atoms with van der Waals surface area (Å²) in [5.74, 6) is -0.667. The number of rotatable bonds is 8. The molecule has 35 heavy (non-hydrogen) atoms. The summed E-state index contributed by atoms with van der Waals surface area (Å²) in [5.41, 5.74) is -0.725. The van der Waals surface area contributed by atoms with Crippen LogP contribution in [0.4, 0.5) is 0 Å². The Morgan fingerprint density at radius 1 is 0.943 bits per heavy atom. The van der Waals surface area contributed by atoms with E-state index in [4.69, 9.17) is 13.9 Å². The second-order valence-corrected chi connectivity index (χ2v) is 15.1. The predicted molar refractivity (Wildman–Crippen MR) is 141 cm³/mol. The number of carbonyl (C=O) groups excluding carboxylic acids is 2. The summed E-state index contributed by atoms with van der Waals surface area (Å²) in [5, 5.41) is 2.23. The van der Waals surface area contributed by atoms with E-state index in [0.29, 0.717) is 12.8 Å². The van der Waals surface area contributed by atoms with E-state index in [1.54, 1.807) is 0 Å². The van der Waals surface area contributed by atoms with Crippen LogP contribution in [0, 0.1) is 11.3 Å². The van der Waals surface area contributed by atoms with Gasteiger partial charge in [0.15, 0.2) is 0 Å². The third-order valence-corrected chi connectivity index (χ3v) is 12.8. The van der Waals surface area contributed by atoms with Gasteiger partial charge in [0.1, 0.15) is 0 Å². The van der Waals surface area contributed by atoms with Crippen molar-refractivity contribution in [2.75, 3.05) is 14.2 Å². The molecular formula is C29H40O5Si. The number of carbonyl (C=O) groups is 2. The molecule has 1 aliphatic rings. The Balaban J connectivity index is 2.15. The third kappa shape index (κ3) is 5.38. The fourth-order valence-electron chi connectivity index (χ4n) is 5.89. The molecule has 0 saturated heterocycles. The molecule has 0 heterocycles. The number of hydrogen-bond acceptors (Lipinski definition) is 5. The SMILES string of the molecule is COC(=O)CC[C@H]1[C@H](O[Si](c2ccccc2)(c2ccccc2)C(C)(C)C)CCC[C@]1(C)C(=O)OC. The van der Waals surface area contributed by atoms with Crippen LogP contribution in [0.2, 0.25) is 5.04 Å². The molecule has 0 spiro atoms. The number of benzene rings is 2. The van der Waals surface area contributed by atoms with Gasteiger partial charge in [-0.2, -0.15) is 0 Å². The average molecular weight is 497 g/mol. The van der Waals surface area contributed by atoms with Gasteiger partial charge in [0.2, 0.25) is 0 Å². The van der Waals surface area contributed by atoms with Crippen molar-refractivity contribution in [1.82, 2.24) is 0 Å². The fraction of sp³-hybridized carbons (Fsp3) is 0.517. The molecule has 6 heteroatoms. The van der Waals surface area contributed by atoms with Crippen LogP contribution >= 0.6 is 0 Å². The molecule has 0 amide bonds. The zero-order valence-corrected chi connectivity index (χ0v) is 23.0. The minimum Gasteiger partial charge on any atom is -0.469 e. The van der Waals surface area contributed by atoms with Crippen molar-refractivity contribution in [3.8, 4) is 0 Å². The lowest BCUT2D eigenvalue weighted by Gasteiger charge is -2.51. The first-order chi connectivity index (χ1) is 16.6. The molecule has 1 fully saturated rings. The third-order valence-electron chi connectivity index (χ3n) is 7.74.